The van der Waals surface area contributed by atoms with Gasteiger partial charge in [-0.25, -0.2) is 13.2 Å². The van der Waals surface area contributed by atoms with Crippen molar-refractivity contribution in [2.24, 2.45) is 0 Å². The van der Waals surface area contributed by atoms with Crippen molar-refractivity contribution in [2.45, 2.75) is 31.1 Å². The number of nitrogens with one attached hydrogen (secondary N) is 2. The molecule has 1 fully saturated rings. The van der Waals surface area contributed by atoms with Gasteiger partial charge in [0, 0.05) is 31.1 Å². The summed E-state index contributed by atoms with van der Waals surface area (Å²) in [7, 11) is -3.40. The Kier molecular flexibility index (Phi) is 5.82. The van der Waals surface area contributed by atoms with Crippen LogP contribution in [0.2, 0.25) is 0 Å². The maximum atomic E-state index is 12.2. The largest absolute Gasteiger partial charge is 0.352 e. The molecule has 7 nitrogen and oxygen atoms in total. The van der Waals surface area contributed by atoms with E-state index in [9.17, 15) is 18.0 Å². The lowest BCUT2D eigenvalue weighted by Gasteiger charge is -2.32. The van der Waals surface area contributed by atoms with Crippen molar-refractivity contribution in [2.75, 3.05) is 24.7 Å². The normalized spacial score (nSPS) is 17.2. The van der Waals surface area contributed by atoms with E-state index < -0.39 is 21.0 Å². The summed E-state index contributed by atoms with van der Waals surface area (Å²) in [5.74, 6) is -0.482. The maximum Gasteiger partial charge on any atom is 0.321 e. The van der Waals surface area contributed by atoms with Crippen LogP contribution in [0.15, 0.2) is 30.3 Å². The molecule has 1 aliphatic heterocycles. The lowest BCUT2D eigenvalue weighted by atomic mass is 10.1. The molecule has 0 saturated carbocycles. The molecule has 2 N–H and O–H groups in total. The monoisotopic (exact) mass is 353 g/mol. The third-order valence-corrected chi connectivity index (χ3v) is 5.66. The number of urea groups is 1. The predicted molar refractivity (Wildman–Crippen MR) is 92.5 cm³/mol. The predicted octanol–water partition coefficient (Wildman–Crippen LogP) is 1.23. The van der Waals surface area contributed by atoms with E-state index in [0.717, 1.165) is 11.9 Å². The van der Waals surface area contributed by atoms with Gasteiger partial charge in [0.15, 0.2) is 9.84 Å². The molecule has 24 heavy (non-hydrogen) atoms. The van der Waals surface area contributed by atoms with Crippen LogP contribution in [0.4, 0.5) is 10.5 Å². The Bertz CT molecular complexity index is 683. The molecule has 1 aromatic rings. The van der Waals surface area contributed by atoms with Crippen molar-refractivity contribution in [1.29, 1.82) is 0 Å². The number of para-hydroxylation sites is 1. The highest BCUT2D eigenvalue weighted by Crippen LogP contribution is 2.14. The molecule has 0 aliphatic carbocycles. The van der Waals surface area contributed by atoms with E-state index in [2.05, 4.69) is 10.6 Å². The lowest BCUT2D eigenvalue weighted by molar-refractivity contribution is -0.121. The fourth-order valence-electron chi connectivity index (χ4n) is 2.46. The van der Waals surface area contributed by atoms with Gasteiger partial charge in [0.25, 0.3) is 0 Å². The Hall–Kier alpha value is -2.09. The molecular weight excluding hydrogens is 330 g/mol. The first-order valence-electron chi connectivity index (χ1n) is 7.87. The summed E-state index contributed by atoms with van der Waals surface area (Å²) in [5, 5.41) is 4.53. The number of hydrogen-bond acceptors (Lipinski definition) is 4. The number of amides is 3. The van der Waals surface area contributed by atoms with Crippen molar-refractivity contribution in [3.8, 4) is 0 Å². The number of benzene rings is 1. The maximum absolute atomic E-state index is 12.2. The summed E-state index contributed by atoms with van der Waals surface area (Å²) < 4.78 is 22.8. The third-order valence-electron chi connectivity index (χ3n) is 4.17. The van der Waals surface area contributed by atoms with Crippen LogP contribution in [-0.4, -0.2) is 55.9 Å². The molecule has 1 saturated heterocycles. The van der Waals surface area contributed by atoms with Gasteiger partial charge in [-0.3, -0.25) is 4.79 Å². The second-order valence-electron chi connectivity index (χ2n) is 6.04. The molecule has 8 heteroatoms. The standard InChI is InChI=1S/C16H23N3O4S/c1-12(24(2,22)23)15(20)17-14-8-10-19(11-9-14)16(21)18-13-6-4-3-5-7-13/h3-7,12,14H,8-11H2,1-2H3,(H,17,20)(H,18,21)/t12-/m0/s1. The number of rotatable bonds is 4. The summed E-state index contributed by atoms with van der Waals surface area (Å²) >= 11 is 0. The van der Waals surface area contributed by atoms with E-state index in [1.54, 1.807) is 4.90 Å². The Morgan fingerprint density at radius 1 is 1.17 bits per heavy atom. The molecule has 1 aromatic carbocycles. The van der Waals surface area contributed by atoms with Crippen molar-refractivity contribution < 1.29 is 18.0 Å². The smallest absolute Gasteiger partial charge is 0.321 e. The SMILES string of the molecule is C[C@@H](C(=O)NC1CCN(C(=O)Nc2ccccc2)CC1)S(C)(=O)=O. The van der Waals surface area contributed by atoms with Gasteiger partial charge in [-0.05, 0) is 31.9 Å². The Balaban J connectivity index is 1.81. The van der Waals surface area contributed by atoms with E-state index in [1.807, 2.05) is 30.3 Å². The minimum Gasteiger partial charge on any atom is -0.352 e. The van der Waals surface area contributed by atoms with Gasteiger partial charge in [0.05, 0.1) is 0 Å². The zero-order valence-electron chi connectivity index (χ0n) is 13.9. The van der Waals surface area contributed by atoms with Gasteiger partial charge < -0.3 is 15.5 Å². The molecular formula is C16H23N3O4S. The van der Waals surface area contributed by atoms with Gasteiger partial charge >= 0.3 is 6.03 Å². The van der Waals surface area contributed by atoms with E-state index in [0.29, 0.717) is 25.9 Å². The summed E-state index contributed by atoms with van der Waals surface area (Å²) in [4.78, 5) is 25.8. The summed E-state index contributed by atoms with van der Waals surface area (Å²) in [6.45, 7) is 2.40. The van der Waals surface area contributed by atoms with Crippen LogP contribution in [0.5, 0.6) is 0 Å². The molecule has 0 unspecified atom stereocenters. The lowest BCUT2D eigenvalue weighted by Crippen LogP contribution is -2.50. The Labute approximate surface area is 142 Å². The number of carbonyl (C=O) groups is 2. The quantitative estimate of drug-likeness (QED) is 0.851. The number of anilines is 1. The summed E-state index contributed by atoms with van der Waals surface area (Å²) in [6.07, 6.45) is 2.25. The van der Waals surface area contributed by atoms with Crippen LogP contribution in [0, 0.1) is 0 Å². The molecule has 0 bridgehead atoms. The molecule has 0 radical (unpaired) electrons. The van der Waals surface area contributed by atoms with Gasteiger partial charge in [0.2, 0.25) is 5.91 Å². The van der Waals surface area contributed by atoms with Crippen LogP contribution in [0.3, 0.4) is 0 Å². The van der Waals surface area contributed by atoms with Crippen LogP contribution >= 0.6 is 0 Å². The molecule has 3 amide bonds. The molecule has 1 heterocycles. The topological polar surface area (TPSA) is 95.6 Å². The van der Waals surface area contributed by atoms with E-state index in [1.165, 1.54) is 6.92 Å². The number of carbonyl (C=O) groups excluding carboxylic acids is 2. The van der Waals surface area contributed by atoms with Crippen LogP contribution < -0.4 is 10.6 Å². The molecule has 1 aliphatic rings. The number of nitrogens with zero attached hydrogens (tertiary/aromatic N) is 1. The highest BCUT2D eigenvalue weighted by Gasteiger charge is 2.28. The van der Waals surface area contributed by atoms with Crippen molar-refractivity contribution in [3.63, 3.8) is 0 Å². The fraction of sp³-hybridized carbons (Fsp3) is 0.500. The van der Waals surface area contributed by atoms with Crippen molar-refractivity contribution in [1.82, 2.24) is 10.2 Å². The van der Waals surface area contributed by atoms with Crippen molar-refractivity contribution in [3.05, 3.63) is 30.3 Å². The average Bonchev–Trinajstić information content (AvgIpc) is 2.54. The Morgan fingerprint density at radius 3 is 2.29 bits per heavy atom. The van der Waals surface area contributed by atoms with Gasteiger partial charge in [-0.15, -0.1) is 0 Å². The fourth-order valence-corrected chi connectivity index (χ4v) is 2.92. The summed E-state index contributed by atoms with van der Waals surface area (Å²) in [5.41, 5.74) is 0.736. The summed E-state index contributed by atoms with van der Waals surface area (Å²) in [6, 6.07) is 8.93. The van der Waals surface area contributed by atoms with Crippen LogP contribution in [0.25, 0.3) is 0 Å². The molecule has 1 atom stereocenters. The molecule has 2 rings (SSSR count). The van der Waals surface area contributed by atoms with Crippen LogP contribution in [0.1, 0.15) is 19.8 Å². The zero-order chi connectivity index (χ0) is 17.7. The first-order chi connectivity index (χ1) is 11.3. The van der Waals surface area contributed by atoms with E-state index >= 15 is 0 Å². The first-order valence-corrected chi connectivity index (χ1v) is 9.83. The Morgan fingerprint density at radius 2 is 1.75 bits per heavy atom. The number of sulfone groups is 1. The van der Waals surface area contributed by atoms with Crippen molar-refractivity contribution >= 4 is 27.5 Å². The van der Waals surface area contributed by atoms with Gasteiger partial charge in [0.1, 0.15) is 5.25 Å². The molecule has 132 valence electrons. The van der Waals surface area contributed by atoms with Crippen LogP contribution in [-0.2, 0) is 14.6 Å². The number of hydrogen-bond donors (Lipinski definition) is 2. The van der Waals surface area contributed by atoms with Gasteiger partial charge in [-0.2, -0.15) is 0 Å². The third kappa shape index (κ3) is 4.95. The second-order valence-corrected chi connectivity index (χ2v) is 8.40. The zero-order valence-corrected chi connectivity index (χ0v) is 14.7. The highest BCUT2D eigenvalue weighted by molar-refractivity contribution is 7.92. The molecule has 0 spiro atoms. The number of piperidine rings is 1. The second kappa shape index (κ2) is 7.65. The minimum absolute atomic E-state index is 0.109. The highest BCUT2D eigenvalue weighted by atomic mass is 32.2. The van der Waals surface area contributed by atoms with E-state index in [-0.39, 0.29) is 12.1 Å². The average molecular weight is 353 g/mol. The van der Waals surface area contributed by atoms with E-state index in [4.69, 9.17) is 0 Å². The minimum atomic E-state index is -3.40. The van der Waals surface area contributed by atoms with Gasteiger partial charge in [-0.1, -0.05) is 18.2 Å². The molecule has 0 aromatic heterocycles. The first kappa shape index (κ1) is 18.3. The number of likely N-dealkylation sites (tertiary alicyclic amines) is 1.